The Morgan fingerprint density at radius 2 is 1.19 bits per heavy atom. The zero-order valence-electron chi connectivity index (χ0n) is 20.5. The lowest BCUT2D eigenvalue weighted by Gasteiger charge is -2.07. The van der Waals surface area contributed by atoms with E-state index >= 15 is 0 Å². The third kappa shape index (κ3) is 11.6. The molecule has 2 aromatic rings. The number of nitrogens with zero attached hydrogens (tertiary/aromatic N) is 1. The van der Waals surface area contributed by atoms with Gasteiger partial charge in [0, 0.05) is 18.0 Å². The Bertz CT molecular complexity index is 738. The summed E-state index contributed by atoms with van der Waals surface area (Å²) in [7, 11) is 0. The van der Waals surface area contributed by atoms with Gasteiger partial charge in [-0.15, -0.1) is 0 Å². The summed E-state index contributed by atoms with van der Waals surface area (Å²) in [6, 6.07) is 9.58. The first-order chi connectivity index (χ1) is 15.8. The van der Waals surface area contributed by atoms with Crippen LogP contribution in [0.2, 0.25) is 0 Å². The second-order valence-corrected chi connectivity index (χ2v) is 9.21. The zero-order chi connectivity index (χ0) is 22.7. The molecule has 0 saturated heterocycles. The summed E-state index contributed by atoms with van der Waals surface area (Å²) in [6.07, 6.45) is 25.1. The molecule has 0 unspecified atom stereocenters. The Labute approximate surface area is 196 Å². The minimum absolute atomic E-state index is 0.149. The Morgan fingerprint density at radius 3 is 1.75 bits per heavy atom. The molecule has 0 N–H and O–H groups in total. The van der Waals surface area contributed by atoms with Crippen molar-refractivity contribution < 1.29 is 9.53 Å². The molecule has 0 saturated carbocycles. The van der Waals surface area contributed by atoms with Gasteiger partial charge < -0.3 is 4.74 Å². The van der Waals surface area contributed by atoms with Crippen LogP contribution in [0.4, 0.5) is 0 Å². The summed E-state index contributed by atoms with van der Waals surface area (Å²) in [5.41, 5.74) is 0.755. The summed E-state index contributed by atoms with van der Waals surface area (Å²) >= 11 is 0. The number of benzene rings is 1. The first kappa shape index (κ1) is 26.4. The highest BCUT2D eigenvalue weighted by molar-refractivity contribution is 5.86. The van der Waals surface area contributed by atoms with Gasteiger partial charge in [-0.05, 0) is 18.6 Å². The molecule has 0 amide bonds. The number of carbonyl (C=O) groups excluding carboxylic acids is 1. The molecule has 0 bridgehead atoms. The Kier molecular flexibility index (Phi) is 14.5. The molecule has 1 aromatic heterocycles. The predicted molar refractivity (Wildman–Crippen MR) is 136 cm³/mol. The maximum absolute atomic E-state index is 12.2. The summed E-state index contributed by atoms with van der Waals surface area (Å²) in [6.45, 7) is 2.28. The Morgan fingerprint density at radius 1 is 0.688 bits per heavy atom. The van der Waals surface area contributed by atoms with E-state index in [0.717, 1.165) is 23.7 Å². The number of aromatic nitrogens is 1. The van der Waals surface area contributed by atoms with Crippen LogP contribution in [0.1, 0.15) is 122 Å². The second kappa shape index (κ2) is 17.6. The molecule has 1 heterocycles. The van der Waals surface area contributed by atoms with E-state index in [1.165, 1.54) is 96.3 Å². The maximum atomic E-state index is 12.2. The number of esters is 1. The molecule has 0 aliphatic rings. The van der Waals surface area contributed by atoms with Crippen LogP contribution >= 0.6 is 0 Å². The van der Waals surface area contributed by atoms with E-state index in [1.54, 1.807) is 6.20 Å². The summed E-state index contributed by atoms with van der Waals surface area (Å²) < 4.78 is 5.56. The largest absolute Gasteiger partial charge is 0.424 e. The van der Waals surface area contributed by atoms with Crippen molar-refractivity contribution in [2.75, 3.05) is 0 Å². The monoisotopic (exact) mass is 439 g/mol. The minimum atomic E-state index is -0.149. The number of fused-ring (bicyclic) bond motifs is 1. The molecule has 0 aliphatic heterocycles. The minimum Gasteiger partial charge on any atom is -0.424 e. The molecule has 0 spiro atoms. The van der Waals surface area contributed by atoms with Crippen LogP contribution in [0.5, 0.6) is 5.75 Å². The lowest BCUT2D eigenvalue weighted by atomic mass is 10.0. The third-order valence-electron chi connectivity index (χ3n) is 6.30. The van der Waals surface area contributed by atoms with Crippen LogP contribution < -0.4 is 4.74 Å². The summed E-state index contributed by atoms with van der Waals surface area (Å²) in [4.78, 5) is 16.5. The molecular formula is C29H45NO2. The van der Waals surface area contributed by atoms with E-state index in [4.69, 9.17) is 4.74 Å². The van der Waals surface area contributed by atoms with Gasteiger partial charge >= 0.3 is 5.97 Å². The van der Waals surface area contributed by atoms with E-state index in [9.17, 15) is 4.79 Å². The van der Waals surface area contributed by atoms with E-state index in [0.29, 0.717) is 12.2 Å². The van der Waals surface area contributed by atoms with Crippen LogP contribution in [0.25, 0.3) is 10.9 Å². The Hall–Kier alpha value is -1.90. The topological polar surface area (TPSA) is 39.2 Å². The molecule has 1 aromatic carbocycles. The average molecular weight is 440 g/mol. The van der Waals surface area contributed by atoms with Crippen molar-refractivity contribution in [2.24, 2.45) is 0 Å². The second-order valence-electron chi connectivity index (χ2n) is 9.21. The van der Waals surface area contributed by atoms with E-state index < -0.39 is 0 Å². The van der Waals surface area contributed by atoms with Gasteiger partial charge in [0.2, 0.25) is 0 Å². The van der Waals surface area contributed by atoms with Crippen molar-refractivity contribution in [3.63, 3.8) is 0 Å². The number of hydrogen-bond donors (Lipinski definition) is 0. The molecule has 32 heavy (non-hydrogen) atoms. The van der Waals surface area contributed by atoms with Crippen LogP contribution in [-0.4, -0.2) is 11.0 Å². The SMILES string of the molecule is CCCCCCCCCCCCCCCCCCCC(=O)Oc1cccc2cccnc12. The molecule has 178 valence electrons. The van der Waals surface area contributed by atoms with Gasteiger partial charge in [-0.2, -0.15) is 0 Å². The van der Waals surface area contributed by atoms with Gasteiger partial charge in [0.25, 0.3) is 0 Å². The first-order valence-electron chi connectivity index (χ1n) is 13.4. The van der Waals surface area contributed by atoms with Crippen LogP contribution in [0, 0.1) is 0 Å². The van der Waals surface area contributed by atoms with Gasteiger partial charge in [0.15, 0.2) is 5.75 Å². The fourth-order valence-corrected chi connectivity index (χ4v) is 4.33. The maximum Gasteiger partial charge on any atom is 0.311 e. The van der Waals surface area contributed by atoms with Gasteiger partial charge in [-0.1, -0.05) is 128 Å². The van der Waals surface area contributed by atoms with Gasteiger partial charge in [-0.3, -0.25) is 9.78 Å². The lowest BCUT2D eigenvalue weighted by Crippen LogP contribution is -2.08. The average Bonchev–Trinajstić information content (AvgIpc) is 2.81. The van der Waals surface area contributed by atoms with E-state index in [-0.39, 0.29) is 5.97 Å². The van der Waals surface area contributed by atoms with Crippen molar-refractivity contribution in [1.82, 2.24) is 4.98 Å². The van der Waals surface area contributed by atoms with Crippen molar-refractivity contribution in [3.05, 3.63) is 36.5 Å². The van der Waals surface area contributed by atoms with Crippen LogP contribution in [0.15, 0.2) is 36.5 Å². The fourth-order valence-electron chi connectivity index (χ4n) is 4.33. The van der Waals surface area contributed by atoms with Crippen LogP contribution in [0.3, 0.4) is 0 Å². The van der Waals surface area contributed by atoms with Crippen LogP contribution in [-0.2, 0) is 4.79 Å². The highest BCUT2D eigenvalue weighted by Crippen LogP contribution is 2.23. The highest BCUT2D eigenvalue weighted by atomic mass is 16.5. The summed E-state index contributed by atoms with van der Waals surface area (Å²) in [5, 5.41) is 0.996. The highest BCUT2D eigenvalue weighted by Gasteiger charge is 2.08. The zero-order valence-corrected chi connectivity index (χ0v) is 20.5. The van der Waals surface area contributed by atoms with Crippen molar-refractivity contribution >= 4 is 16.9 Å². The van der Waals surface area contributed by atoms with E-state index in [1.807, 2.05) is 30.3 Å². The number of carbonyl (C=O) groups is 1. The quantitative estimate of drug-likeness (QED) is 0.124. The fraction of sp³-hybridized carbons (Fsp3) is 0.655. The van der Waals surface area contributed by atoms with Gasteiger partial charge in [0.05, 0.1) is 0 Å². The molecular weight excluding hydrogens is 394 g/mol. The number of unbranched alkanes of at least 4 members (excludes halogenated alkanes) is 16. The molecule has 0 fully saturated rings. The number of ether oxygens (including phenoxy) is 1. The van der Waals surface area contributed by atoms with Gasteiger partial charge in [-0.25, -0.2) is 0 Å². The molecule has 0 radical (unpaired) electrons. The molecule has 0 aliphatic carbocycles. The normalized spacial score (nSPS) is 11.2. The summed E-state index contributed by atoms with van der Waals surface area (Å²) in [5.74, 6) is 0.421. The predicted octanol–water partition coefficient (Wildman–Crippen LogP) is 9.18. The number of pyridine rings is 1. The standard InChI is InChI=1S/C29H45NO2/c1-2-3-4-5-6-7-8-9-10-11-12-13-14-15-16-17-18-24-28(31)32-27-23-19-21-26-22-20-25-30-29(26)27/h19-23,25H,2-18,24H2,1H3. The van der Waals surface area contributed by atoms with Gasteiger partial charge in [0.1, 0.15) is 5.52 Å². The lowest BCUT2D eigenvalue weighted by molar-refractivity contribution is -0.134. The molecule has 2 rings (SSSR count). The molecule has 3 nitrogen and oxygen atoms in total. The molecule has 3 heteroatoms. The number of para-hydroxylation sites is 1. The Balaban J connectivity index is 1.37. The van der Waals surface area contributed by atoms with Crippen molar-refractivity contribution in [3.8, 4) is 5.75 Å². The number of hydrogen-bond acceptors (Lipinski definition) is 3. The van der Waals surface area contributed by atoms with Crippen molar-refractivity contribution in [2.45, 2.75) is 122 Å². The smallest absolute Gasteiger partial charge is 0.311 e. The molecule has 0 atom stereocenters. The van der Waals surface area contributed by atoms with E-state index in [2.05, 4.69) is 11.9 Å². The first-order valence-corrected chi connectivity index (χ1v) is 13.4. The third-order valence-corrected chi connectivity index (χ3v) is 6.30. The van der Waals surface area contributed by atoms with Crippen molar-refractivity contribution in [1.29, 1.82) is 0 Å². The number of rotatable bonds is 19.